The van der Waals surface area contributed by atoms with Gasteiger partial charge in [0.05, 0.1) is 5.52 Å². The molecule has 2 aromatic heterocycles. The lowest BCUT2D eigenvalue weighted by molar-refractivity contribution is 0.112. The van der Waals surface area contributed by atoms with E-state index in [1.54, 1.807) is 0 Å². The van der Waals surface area contributed by atoms with Crippen LogP contribution in [0.1, 0.15) is 16.1 Å². The molecule has 0 N–H and O–H groups in total. The van der Waals surface area contributed by atoms with Gasteiger partial charge in [-0.3, -0.25) is 9.20 Å². The molecular formula is C15H11BrN2O. The van der Waals surface area contributed by atoms with Crippen molar-refractivity contribution >= 4 is 27.7 Å². The maximum Gasteiger partial charge on any atom is 0.170 e. The summed E-state index contributed by atoms with van der Waals surface area (Å²) in [7, 11) is 0. The molecule has 19 heavy (non-hydrogen) atoms. The highest BCUT2D eigenvalue weighted by Gasteiger charge is 2.13. The second-order valence-corrected chi connectivity index (χ2v) is 5.27. The Bertz CT molecular complexity index is 777. The molecule has 4 heteroatoms. The standard InChI is InChI=1S/C15H11BrN2O/c1-10-4-2-3-5-12(10)15-17-13(9-19)14-8-11(16)6-7-18(14)15/h2-9H,1H3. The first-order valence-corrected chi connectivity index (χ1v) is 6.69. The Morgan fingerprint density at radius 1 is 1.26 bits per heavy atom. The van der Waals surface area contributed by atoms with E-state index in [9.17, 15) is 4.79 Å². The van der Waals surface area contributed by atoms with Gasteiger partial charge in [0, 0.05) is 16.2 Å². The zero-order chi connectivity index (χ0) is 13.4. The van der Waals surface area contributed by atoms with E-state index in [1.807, 2.05) is 53.9 Å². The summed E-state index contributed by atoms with van der Waals surface area (Å²) in [5.74, 6) is 0.794. The van der Waals surface area contributed by atoms with Crippen LogP contribution in [0.15, 0.2) is 47.1 Å². The highest BCUT2D eigenvalue weighted by Crippen LogP contribution is 2.26. The Morgan fingerprint density at radius 3 is 2.79 bits per heavy atom. The summed E-state index contributed by atoms with van der Waals surface area (Å²) in [5.41, 5.74) is 3.44. The first-order chi connectivity index (χ1) is 9.20. The summed E-state index contributed by atoms with van der Waals surface area (Å²) in [6.45, 7) is 2.04. The third-order valence-electron chi connectivity index (χ3n) is 3.13. The summed E-state index contributed by atoms with van der Waals surface area (Å²) in [5, 5.41) is 0. The molecule has 0 saturated carbocycles. The highest BCUT2D eigenvalue weighted by molar-refractivity contribution is 9.10. The Balaban J connectivity index is 2.37. The molecule has 0 aliphatic rings. The molecule has 2 heterocycles. The Morgan fingerprint density at radius 2 is 2.05 bits per heavy atom. The fourth-order valence-electron chi connectivity index (χ4n) is 2.18. The smallest absolute Gasteiger partial charge is 0.170 e. The van der Waals surface area contributed by atoms with E-state index in [2.05, 4.69) is 20.9 Å². The molecule has 3 rings (SSSR count). The Labute approximate surface area is 119 Å². The molecule has 0 bridgehead atoms. The van der Waals surface area contributed by atoms with E-state index in [0.29, 0.717) is 5.69 Å². The van der Waals surface area contributed by atoms with Gasteiger partial charge in [-0.25, -0.2) is 4.98 Å². The van der Waals surface area contributed by atoms with Gasteiger partial charge < -0.3 is 0 Å². The molecule has 0 atom stereocenters. The SMILES string of the molecule is Cc1ccccc1-c1nc(C=O)c2cc(Br)ccn12. The maximum absolute atomic E-state index is 11.2. The summed E-state index contributed by atoms with van der Waals surface area (Å²) in [6.07, 6.45) is 2.71. The summed E-state index contributed by atoms with van der Waals surface area (Å²) in [6, 6.07) is 11.9. The van der Waals surface area contributed by atoms with Crippen LogP contribution in [0.4, 0.5) is 0 Å². The normalized spacial score (nSPS) is 10.8. The maximum atomic E-state index is 11.2. The van der Waals surface area contributed by atoms with Crippen LogP contribution in [0.5, 0.6) is 0 Å². The molecule has 0 amide bonds. The lowest BCUT2D eigenvalue weighted by atomic mass is 10.1. The van der Waals surface area contributed by atoms with Crippen LogP contribution in [-0.2, 0) is 0 Å². The van der Waals surface area contributed by atoms with Gasteiger partial charge in [-0.1, -0.05) is 40.2 Å². The van der Waals surface area contributed by atoms with E-state index in [1.165, 1.54) is 0 Å². The van der Waals surface area contributed by atoms with Crippen LogP contribution in [0.2, 0.25) is 0 Å². The zero-order valence-corrected chi connectivity index (χ0v) is 11.9. The molecule has 0 aliphatic heterocycles. The third kappa shape index (κ3) is 1.98. The molecule has 3 aromatic rings. The lowest BCUT2D eigenvalue weighted by Crippen LogP contribution is -1.90. The van der Waals surface area contributed by atoms with Gasteiger partial charge in [-0.05, 0) is 24.6 Å². The van der Waals surface area contributed by atoms with Gasteiger partial charge in [0.15, 0.2) is 6.29 Å². The van der Waals surface area contributed by atoms with Gasteiger partial charge in [0.2, 0.25) is 0 Å². The van der Waals surface area contributed by atoms with Crippen LogP contribution in [0.3, 0.4) is 0 Å². The number of pyridine rings is 1. The third-order valence-corrected chi connectivity index (χ3v) is 3.62. The van der Waals surface area contributed by atoms with E-state index in [4.69, 9.17) is 0 Å². The van der Waals surface area contributed by atoms with Crippen molar-refractivity contribution in [2.75, 3.05) is 0 Å². The number of nitrogens with zero attached hydrogens (tertiary/aromatic N) is 2. The first-order valence-electron chi connectivity index (χ1n) is 5.89. The molecule has 0 radical (unpaired) electrons. The minimum absolute atomic E-state index is 0.458. The number of carbonyl (C=O) groups is 1. The molecule has 1 aromatic carbocycles. The number of hydrogen-bond donors (Lipinski definition) is 0. The number of aryl methyl sites for hydroxylation is 1. The number of halogens is 1. The molecule has 0 unspecified atom stereocenters. The second-order valence-electron chi connectivity index (χ2n) is 4.35. The van der Waals surface area contributed by atoms with E-state index < -0.39 is 0 Å². The fraction of sp³-hybridized carbons (Fsp3) is 0.0667. The average molecular weight is 315 g/mol. The van der Waals surface area contributed by atoms with Gasteiger partial charge in [0.1, 0.15) is 11.5 Å². The van der Waals surface area contributed by atoms with Crippen molar-refractivity contribution in [2.45, 2.75) is 6.92 Å². The number of imidazole rings is 1. The zero-order valence-electron chi connectivity index (χ0n) is 10.3. The molecule has 0 saturated heterocycles. The van der Waals surface area contributed by atoms with Crippen molar-refractivity contribution in [1.29, 1.82) is 0 Å². The number of aromatic nitrogens is 2. The van der Waals surface area contributed by atoms with Gasteiger partial charge in [0.25, 0.3) is 0 Å². The van der Waals surface area contributed by atoms with E-state index in [0.717, 1.165) is 33.2 Å². The average Bonchev–Trinajstić information content (AvgIpc) is 2.77. The second kappa shape index (κ2) is 4.63. The molecular weight excluding hydrogens is 304 g/mol. The number of fused-ring (bicyclic) bond motifs is 1. The van der Waals surface area contributed by atoms with Crippen molar-refractivity contribution in [3.05, 3.63) is 58.3 Å². The van der Waals surface area contributed by atoms with Crippen LogP contribution in [0, 0.1) is 6.92 Å². The first kappa shape index (κ1) is 12.1. The van der Waals surface area contributed by atoms with Crippen molar-refractivity contribution in [1.82, 2.24) is 9.38 Å². The Hall–Kier alpha value is -1.94. The number of aldehydes is 1. The molecule has 0 fully saturated rings. The van der Waals surface area contributed by atoms with Crippen LogP contribution < -0.4 is 0 Å². The fourth-order valence-corrected chi connectivity index (χ4v) is 2.52. The largest absolute Gasteiger partial charge is 0.299 e. The van der Waals surface area contributed by atoms with Crippen molar-refractivity contribution in [2.24, 2.45) is 0 Å². The van der Waals surface area contributed by atoms with Crippen LogP contribution >= 0.6 is 15.9 Å². The minimum Gasteiger partial charge on any atom is -0.299 e. The monoisotopic (exact) mass is 314 g/mol. The van der Waals surface area contributed by atoms with Crippen LogP contribution in [0.25, 0.3) is 16.9 Å². The molecule has 0 spiro atoms. The summed E-state index contributed by atoms with van der Waals surface area (Å²) in [4.78, 5) is 15.6. The minimum atomic E-state index is 0.458. The van der Waals surface area contributed by atoms with Crippen LogP contribution in [-0.4, -0.2) is 15.7 Å². The summed E-state index contributed by atoms with van der Waals surface area (Å²) >= 11 is 3.42. The van der Waals surface area contributed by atoms with Gasteiger partial charge in [-0.2, -0.15) is 0 Å². The number of rotatable bonds is 2. The van der Waals surface area contributed by atoms with Crippen molar-refractivity contribution in [3.8, 4) is 11.4 Å². The summed E-state index contributed by atoms with van der Waals surface area (Å²) < 4.78 is 2.87. The topological polar surface area (TPSA) is 34.4 Å². The predicted molar refractivity (Wildman–Crippen MR) is 78.5 cm³/mol. The number of benzene rings is 1. The van der Waals surface area contributed by atoms with E-state index in [-0.39, 0.29) is 0 Å². The van der Waals surface area contributed by atoms with E-state index >= 15 is 0 Å². The molecule has 0 aliphatic carbocycles. The quantitative estimate of drug-likeness (QED) is 0.673. The predicted octanol–water partition coefficient (Wildman–Crippen LogP) is 3.88. The van der Waals surface area contributed by atoms with Gasteiger partial charge >= 0.3 is 0 Å². The molecule has 3 nitrogen and oxygen atoms in total. The molecule has 94 valence electrons. The van der Waals surface area contributed by atoms with Crippen molar-refractivity contribution in [3.63, 3.8) is 0 Å². The number of hydrogen-bond acceptors (Lipinski definition) is 2. The highest BCUT2D eigenvalue weighted by atomic mass is 79.9. The van der Waals surface area contributed by atoms with Gasteiger partial charge in [-0.15, -0.1) is 0 Å². The number of carbonyl (C=O) groups excluding carboxylic acids is 1. The lowest BCUT2D eigenvalue weighted by Gasteiger charge is -2.04. The van der Waals surface area contributed by atoms with Crippen molar-refractivity contribution < 1.29 is 4.79 Å². The Kier molecular flexibility index (Phi) is 2.95.